The predicted molar refractivity (Wildman–Crippen MR) is 72.6 cm³/mol. The average molecular weight is 258 g/mol. The van der Waals surface area contributed by atoms with Gasteiger partial charge in [-0.3, -0.25) is 9.69 Å². The van der Waals surface area contributed by atoms with Crippen LogP contribution in [0.5, 0.6) is 0 Å². The van der Waals surface area contributed by atoms with Crippen LogP contribution in [0, 0.1) is 17.2 Å². The molecule has 100 valence electrons. The third-order valence-electron chi connectivity index (χ3n) is 3.24. The largest absolute Gasteiger partial charge is 0.295 e. The van der Waals surface area contributed by atoms with Crippen LogP contribution >= 0.6 is 0 Å². The molecule has 0 saturated carbocycles. The maximum atomic E-state index is 12.1. The van der Waals surface area contributed by atoms with E-state index < -0.39 is 0 Å². The first-order valence-corrected chi connectivity index (χ1v) is 6.30. The highest BCUT2D eigenvalue weighted by Crippen LogP contribution is 2.31. The Morgan fingerprint density at radius 1 is 1.58 bits per heavy atom. The molecule has 5 heteroatoms. The molecule has 1 aliphatic heterocycles. The monoisotopic (exact) mass is 258 g/mol. The lowest BCUT2D eigenvalue weighted by atomic mass is 10.1. The first-order valence-electron chi connectivity index (χ1n) is 6.30. The highest BCUT2D eigenvalue weighted by atomic mass is 16.2. The zero-order chi connectivity index (χ0) is 14.2. The van der Waals surface area contributed by atoms with Crippen molar-refractivity contribution in [2.24, 2.45) is 5.92 Å². The lowest BCUT2D eigenvalue weighted by Gasteiger charge is -2.26. The van der Waals surface area contributed by atoms with Crippen molar-refractivity contribution in [3.05, 3.63) is 24.4 Å². The number of carbonyl (C=O) groups excluding carboxylic acids is 1. The molecule has 1 fully saturated rings. The zero-order valence-electron chi connectivity index (χ0n) is 11.6. The Morgan fingerprint density at radius 2 is 2.26 bits per heavy atom. The third kappa shape index (κ3) is 2.26. The van der Waals surface area contributed by atoms with Crippen molar-refractivity contribution in [3.8, 4) is 6.07 Å². The molecule has 1 saturated heterocycles. The first kappa shape index (κ1) is 13.3. The van der Waals surface area contributed by atoms with Gasteiger partial charge in [-0.05, 0) is 20.8 Å². The predicted octanol–water partition coefficient (Wildman–Crippen LogP) is 2.05. The van der Waals surface area contributed by atoms with E-state index in [4.69, 9.17) is 0 Å². The molecule has 2 heterocycles. The summed E-state index contributed by atoms with van der Waals surface area (Å²) in [5.74, 6) is 0.763. The van der Waals surface area contributed by atoms with Crippen LogP contribution in [0.25, 0.3) is 0 Å². The van der Waals surface area contributed by atoms with Crippen LogP contribution in [-0.4, -0.2) is 22.2 Å². The van der Waals surface area contributed by atoms with Gasteiger partial charge in [-0.15, -0.1) is 6.58 Å². The molecule has 0 aromatic carbocycles. The van der Waals surface area contributed by atoms with Crippen LogP contribution in [0.4, 0.5) is 5.82 Å². The molecule has 1 aromatic heterocycles. The fraction of sp³-hybridized carbons (Fsp3) is 0.500. The van der Waals surface area contributed by atoms with Crippen LogP contribution in [-0.2, 0) is 10.3 Å². The Bertz CT molecular complexity index is 559. The van der Waals surface area contributed by atoms with Crippen molar-refractivity contribution >= 4 is 11.7 Å². The number of aromatic nitrogens is 2. The van der Waals surface area contributed by atoms with Gasteiger partial charge in [-0.1, -0.05) is 6.08 Å². The number of nitriles is 1. The van der Waals surface area contributed by atoms with Crippen LogP contribution < -0.4 is 4.90 Å². The van der Waals surface area contributed by atoms with Gasteiger partial charge in [0, 0.05) is 18.9 Å². The lowest BCUT2D eigenvalue weighted by Crippen LogP contribution is -2.33. The minimum absolute atomic E-state index is 0.0207. The van der Waals surface area contributed by atoms with Crippen molar-refractivity contribution in [1.82, 2.24) is 9.78 Å². The summed E-state index contributed by atoms with van der Waals surface area (Å²) in [6, 6.07) is 2.12. The quantitative estimate of drug-likeness (QED) is 0.763. The molecule has 1 aliphatic rings. The molecule has 1 atom stereocenters. The van der Waals surface area contributed by atoms with E-state index in [1.54, 1.807) is 15.7 Å². The van der Waals surface area contributed by atoms with Crippen molar-refractivity contribution in [2.75, 3.05) is 11.4 Å². The Balaban J connectivity index is 2.50. The highest BCUT2D eigenvalue weighted by molar-refractivity contribution is 5.96. The second-order valence-electron chi connectivity index (χ2n) is 5.78. The number of hydrogen-bond donors (Lipinski definition) is 0. The van der Waals surface area contributed by atoms with Crippen molar-refractivity contribution < 1.29 is 4.79 Å². The van der Waals surface area contributed by atoms with Gasteiger partial charge in [0.1, 0.15) is 11.6 Å². The summed E-state index contributed by atoms with van der Waals surface area (Å²) >= 11 is 0. The standard InChI is InChI=1S/C14H18N4O/c1-5-10-6-12(19)17(9-10)13-11(7-15)8-16-18(13)14(2,3)4/h5,8,10H,1,6,9H2,2-4H3. The van der Waals surface area contributed by atoms with Gasteiger partial charge < -0.3 is 0 Å². The maximum Gasteiger partial charge on any atom is 0.228 e. The molecular weight excluding hydrogens is 240 g/mol. The maximum absolute atomic E-state index is 12.1. The van der Waals surface area contributed by atoms with E-state index in [1.807, 2.05) is 20.8 Å². The molecule has 1 aromatic rings. The van der Waals surface area contributed by atoms with Gasteiger partial charge in [0.05, 0.1) is 11.7 Å². The third-order valence-corrected chi connectivity index (χ3v) is 3.24. The van der Waals surface area contributed by atoms with E-state index in [2.05, 4.69) is 17.7 Å². The van der Waals surface area contributed by atoms with Gasteiger partial charge in [-0.2, -0.15) is 10.4 Å². The molecule has 0 N–H and O–H groups in total. The SMILES string of the molecule is C=CC1CC(=O)N(c2c(C#N)cnn2C(C)(C)C)C1. The zero-order valence-corrected chi connectivity index (χ0v) is 11.6. The van der Waals surface area contributed by atoms with E-state index in [0.29, 0.717) is 24.3 Å². The minimum atomic E-state index is -0.281. The highest BCUT2D eigenvalue weighted by Gasteiger charge is 2.34. The Labute approximate surface area is 113 Å². The summed E-state index contributed by atoms with van der Waals surface area (Å²) in [5.41, 5.74) is 0.157. The smallest absolute Gasteiger partial charge is 0.228 e. The van der Waals surface area contributed by atoms with Crippen LogP contribution in [0.1, 0.15) is 32.8 Å². The average Bonchev–Trinajstić information content (AvgIpc) is 2.90. The summed E-state index contributed by atoms with van der Waals surface area (Å²) in [7, 11) is 0. The molecule has 0 aliphatic carbocycles. The molecule has 0 bridgehead atoms. The number of rotatable bonds is 2. The summed E-state index contributed by atoms with van der Waals surface area (Å²) in [5, 5.41) is 13.5. The summed E-state index contributed by atoms with van der Waals surface area (Å²) in [4.78, 5) is 13.8. The summed E-state index contributed by atoms with van der Waals surface area (Å²) in [6.07, 6.45) is 3.76. The number of anilines is 1. The number of hydrogen-bond acceptors (Lipinski definition) is 3. The first-order chi connectivity index (χ1) is 8.88. The van der Waals surface area contributed by atoms with Crippen LogP contribution in [0.2, 0.25) is 0 Å². The van der Waals surface area contributed by atoms with Crippen LogP contribution in [0.15, 0.2) is 18.9 Å². The molecule has 19 heavy (non-hydrogen) atoms. The lowest BCUT2D eigenvalue weighted by molar-refractivity contribution is -0.117. The van der Waals surface area contributed by atoms with Gasteiger partial charge >= 0.3 is 0 Å². The molecule has 5 nitrogen and oxygen atoms in total. The number of carbonyl (C=O) groups is 1. The van der Waals surface area contributed by atoms with Crippen LogP contribution in [0.3, 0.4) is 0 Å². The van der Waals surface area contributed by atoms with Crippen molar-refractivity contribution in [3.63, 3.8) is 0 Å². The Hall–Kier alpha value is -2.09. The Morgan fingerprint density at radius 3 is 2.74 bits per heavy atom. The van der Waals surface area contributed by atoms with Gasteiger partial charge in [0.2, 0.25) is 5.91 Å². The summed E-state index contributed by atoms with van der Waals surface area (Å²) < 4.78 is 1.74. The van der Waals surface area contributed by atoms with Crippen molar-refractivity contribution in [2.45, 2.75) is 32.7 Å². The van der Waals surface area contributed by atoms with E-state index in [9.17, 15) is 10.1 Å². The minimum Gasteiger partial charge on any atom is -0.295 e. The van der Waals surface area contributed by atoms with E-state index in [0.717, 1.165) is 0 Å². The molecule has 0 radical (unpaired) electrons. The van der Waals surface area contributed by atoms with Gasteiger partial charge in [0.25, 0.3) is 0 Å². The van der Waals surface area contributed by atoms with E-state index in [-0.39, 0.29) is 17.4 Å². The molecule has 0 spiro atoms. The normalized spacial score (nSPS) is 19.6. The molecule has 2 rings (SSSR count). The molecule has 1 unspecified atom stereocenters. The fourth-order valence-corrected chi connectivity index (χ4v) is 2.27. The number of nitrogens with zero attached hydrogens (tertiary/aromatic N) is 4. The van der Waals surface area contributed by atoms with E-state index in [1.165, 1.54) is 6.20 Å². The second kappa shape index (κ2) is 4.54. The Kier molecular flexibility index (Phi) is 3.19. The van der Waals surface area contributed by atoms with Gasteiger partial charge in [-0.25, -0.2) is 4.68 Å². The molecule has 1 amide bonds. The van der Waals surface area contributed by atoms with E-state index >= 15 is 0 Å². The van der Waals surface area contributed by atoms with Gasteiger partial charge in [0.15, 0.2) is 5.82 Å². The van der Waals surface area contributed by atoms with Crippen molar-refractivity contribution in [1.29, 1.82) is 5.26 Å². The summed E-state index contributed by atoms with van der Waals surface area (Å²) in [6.45, 7) is 10.3. The fourth-order valence-electron chi connectivity index (χ4n) is 2.27. The number of amides is 1. The molecular formula is C14H18N4O. The second-order valence-corrected chi connectivity index (χ2v) is 5.78. The topological polar surface area (TPSA) is 61.9 Å².